The molecule has 120 valence electrons. The highest BCUT2D eigenvalue weighted by atomic mass is 16.5. The molecule has 1 aromatic rings. The predicted molar refractivity (Wildman–Crippen MR) is 92.0 cm³/mol. The van der Waals surface area contributed by atoms with E-state index in [0.29, 0.717) is 6.04 Å². The van der Waals surface area contributed by atoms with Crippen molar-refractivity contribution in [2.24, 2.45) is 5.41 Å². The molecule has 2 unspecified atom stereocenters. The van der Waals surface area contributed by atoms with Crippen LogP contribution in [-0.2, 0) is 11.2 Å². The second-order valence-electron chi connectivity index (χ2n) is 7.22. The molecule has 0 fully saturated rings. The number of nitrogens with one attached hydrogen (secondary N) is 1. The molecule has 0 bridgehead atoms. The van der Waals surface area contributed by atoms with Gasteiger partial charge >= 0.3 is 0 Å². The maximum Gasteiger partial charge on any atom is 0.0775 e. The summed E-state index contributed by atoms with van der Waals surface area (Å²) in [6, 6.07) is 7.06. The molecule has 0 saturated heterocycles. The van der Waals surface area contributed by atoms with Gasteiger partial charge in [-0.3, -0.25) is 0 Å². The number of hydrogen-bond donors (Lipinski definition) is 1. The van der Waals surface area contributed by atoms with Gasteiger partial charge in [0.25, 0.3) is 0 Å². The largest absolute Gasteiger partial charge is 0.379 e. The van der Waals surface area contributed by atoms with Gasteiger partial charge in [-0.25, -0.2) is 0 Å². The first-order chi connectivity index (χ1) is 9.79. The molecule has 0 aliphatic heterocycles. The first-order valence-electron chi connectivity index (χ1n) is 8.12. The first-order valence-corrected chi connectivity index (χ1v) is 8.12. The van der Waals surface area contributed by atoms with Crippen LogP contribution in [0.25, 0.3) is 0 Å². The van der Waals surface area contributed by atoms with Gasteiger partial charge in [-0.05, 0) is 49.8 Å². The number of methoxy groups -OCH3 is 1. The molecule has 0 saturated carbocycles. The molecule has 2 nitrogen and oxygen atoms in total. The lowest BCUT2D eigenvalue weighted by Gasteiger charge is -2.37. The fraction of sp³-hybridized carbons (Fsp3) is 0.684. The van der Waals surface area contributed by atoms with Crippen molar-refractivity contribution in [2.75, 3.05) is 13.7 Å². The number of aryl methyl sites for hydroxylation is 2. The molecule has 21 heavy (non-hydrogen) atoms. The van der Waals surface area contributed by atoms with Crippen molar-refractivity contribution in [2.45, 2.75) is 66.5 Å². The zero-order chi connectivity index (χ0) is 16.0. The van der Waals surface area contributed by atoms with Gasteiger partial charge in [-0.1, -0.05) is 51.5 Å². The molecule has 0 aliphatic rings. The van der Waals surface area contributed by atoms with Crippen molar-refractivity contribution in [3.05, 3.63) is 34.9 Å². The molecule has 1 N–H and O–H groups in total. The lowest BCUT2D eigenvalue weighted by atomic mass is 9.81. The Kier molecular flexibility index (Phi) is 6.89. The van der Waals surface area contributed by atoms with Gasteiger partial charge in [-0.15, -0.1) is 0 Å². The average molecular weight is 291 g/mol. The monoisotopic (exact) mass is 291 g/mol. The number of rotatable bonds is 7. The van der Waals surface area contributed by atoms with E-state index in [9.17, 15) is 0 Å². The molecule has 0 radical (unpaired) electrons. The van der Waals surface area contributed by atoms with E-state index in [-0.39, 0.29) is 11.5 Å². The van der Waals surface area contributed by atoms with Crippen LogP contribution in [0.15, 0.2) is 18.2 Å². The van der Waals surface area contributed by atoms with Gasteiger partial charge in [0.05, 0.1) is 6.10 Å². The minimum atomic E-state index is 0.123. The molecule has 0 aromatic heterocycles. The van der Waals surface area contributed by atoms with Crippen LogP contribution in [0, 0.1) is 19.3 Å². The molecule has 0 amide bonds. The second-order valence-corrected chi connectivity index (χ2v) is 7.22. The molecule has 2 atom stereocenters. The summed E-state index contributed by atoms with van der Waals surface area (Å²) in [5.41, 5.74) is 4.25. The van der Waals surface area contributed by atoms with Crippen LogP contribution in [0.5, 0.6) is 0 Å². The maximum atomic E-state index is 5.85. The van der Waals surface area contributed by atoms with E-state index >= 15 is 0 Å². The zero-order valence-corrected chi connectivity index (χ0v) is 14.9. The summed E-state index contributed by atoms with van der Waals surface area (Å²) in [5, 5.41) is 3.70. The van der Waals surface area contributed by atoms with Crippen LogP contribution in [0.2, 0.25) is 0 Å². The predicted octanol–water partition coefficient (Wildman–Crippen LogP) is 4.28. The molecular weight excluding hydrogens is 258 g/mol. The minimum absolute atomic E-state index is 0.123. The van der Waals surface area contributed by atoms with Crippen molar-refractivity contribution in [1.29, 1.82) is 0 Å². The van der Waals surface area contributed by atoms with Crippen molar-refractivity contribution >= 4 is 0 Å². The highest BCUT2D eigenvalue weighted by molar-refractivity contribution is 5.31. The Labute approximate surface area is 131 Å². The van der Waals surface area contributed by atoms with Gasteiger partial charge in [0.2, 0.25) is 0 Å². The van der Waals surface area contributed by atoms with Crippen molar-refractivity contribution in [1.82, 2.24) is 5.32 Å². The summed E-state index contributed by atoms with van der Waals surface area (Å²) in [6.07, 6.45) is 2.36. The highest BCUT2D eigenvalue weighted by Gasteiger charge is 2.32. The van der Waals surface area contributed by atoms with Gasteiger partial charge in [0.15, 0.2) is 0 Å². The van der Waals surface area contributed by atoms with E-state index in [4.69, 9.17) is 4.74 Å². The van der Waals surface area contributed by atoms with E-state index in [1.54, 1.807) is 0 Å². The van der Waals surface area contributed by atoms with E-state index in [0.717, 1.165) is 19.4 Å². The van der Waals surface area contributed by atoms with Crippen LogP contribution in [0.3, 0.4) is 0 Å². The Morgan fingerprint density at radius 2 is 1.86 bits per heavy atom. The third kappa shape index (κ3) is 5.44. The van der Waals surface area contributed by atoms with Gasteiger partial charge in [0.1, 0.15) is 0 Å². The smallest absolute Gasteiger partial charge is 0.0775 e. The van der Waals surface area contributed by atoms with Crippen molar-refractivity contribution in [3.8, 4) is 0 Å². The maximum absolute atomic E-state index is 5.85. The third-order valence-electron chi connectivity index (χ3n) is 4.07. The highest BCUT2D eigenvalue weighted by Crippen LogP contribution is 2.27. The van der Waals surface area contributed by atoms with Gasteiger partial charge < -0.3 is 10.1 Å². The third-order valence-corrected chi connectivity index (χ3v) is 4.07. The Morgan fingerprint density at radius 3 is 2.38 bits per heavy atom. The van der Waals surface area contributed by atoms with Gasteiger partial charge in [0, 0.05) is 13.2 Å². The molecule has 0 heterocycles. The van der Waals surface area contributed by atoms with Gasteiger partial charge in [-0.2, -0.15) is 0 Å². The minimum Gasteiger partial charge on any atom is -0.379 e. The zero-order valence-electron chi connectivity index (χ0n) is 14.9. The fourth-order valence-corrected chi connectivity index (χ4v) is 2.99. The molecule has 0 aliphatic carbocycles. The lowest BCUT2D eigenvalue weighted by molar-refractivity contribution is -0.0110. The fourth-order valence-electron chi connectivity index (χ4n) is 2.99. The Morgan fingerprint density at radius 1 is 1.19 bits per heavy atom. The first kappa shape index (κ1) is 18.2. The Balaban J connectivity index is 2.99. The summed E-state index contributed by atoms with van der Waals surface area (Å²) in [5.74, 6) is 0. The molecular formula is C19H33NO. The standard InChI is InChI=1S/C19H33NO/c1-8-11-20-17(18(21-7)19(4,5)6)13-16-12-14(2)9-10-15(16)3/h9-10,12,17-18,20H,8,11,13H2,1-7H3. The molecule has 2 heteroatoms. The van der Waals surface area contributed by atoms with E-state index in [1.165, 1.54) is 16.7 Å². The topological polar surface area (TPSA) is 21.3 Å². The molecule has 1 rings (SSSR count). The summed E-state index contributed by atoms with van der Waals surface area (Å²) < 4.78 is 5.85. The van der Waals surface area contributed by atoms with E-state index in [1.807, 2.05) is 7.11 Å². The quantitative estimate of drug-likeness (QED) is 0.810. The summed E-state index contributed by atoms with van der Waals surface area (Å²) in [4.78, 5) is 0. The van der Waals surface area contributed by atoms with E-state index < -0.39 is 0 Å². The molecule has 1 aromatic carbocycles. The normalized spacial score (nSPS) is 15.0. The van der Waals surface area contributed by atoms with E-state index in [2.05, 4.69) is 65.1 Å². The SMILES string of the molecule is CCCNC(Cc1cc(C)ccc1C)C(OC)C(C)(C)C. The summed E-state index contributed by atoms with van der Waals surface area (Å²) in [6.45, 7) is 14.4. The lowest BCUT2D eigenvalue weighted by Crippen LogP contribution is -2.49. The summed E-state index contributed by atoms with van der Waals surface area (Å²) >= 11 is 0. The molecule has 0 spiro atoms. The van der Waals surface area contributed by atoms with Crippen molar-refractivity contribution < 1.29 is 4.74 Å². The Bertz CT molecular complexity index is 434. The summed E-state index contributed by atoms with van der Waals surface area (Å²) in [7, 11) is 1.83. The Hall–Kier alpha value is -0.860. The van der Waals surface area contributed by atoms with Crippen molar-refractivity contribution in [3.63, 3.8) is 0 Å². The number of ether oxygens (including phenoxy) is 1. The number of hydrogen-bond acceptors (Lipinski definition) is 2. The van der Waals surface area contributed by atoms with Crippen LogP contribution in [-0.4, -0.2) is 25.8 Å². The van der Waals surface area contributed by atoms with Crippen LogP contribution >= 0.6 is 0 Å². The number of benzene rings is 1. The van der Waals surface area contributed by atoms with Crippen LogP contribution in [0.1, 0.15) is 50.8 Å². The average Bonchev–Trinajstić information content (AvgIpc) is 2.39. The van der Waals surface area contributed by atoms with Crippen LogP contribution in [0.4, 0.5) is 0 Å². The van der Waals surface area contributed by atoms with Crippen LogP contribution < -0.4 is 5.32 Å². The second kappa shape index (κ2) is 7.95.